The summed E-state index contributed by atoms with van der Waals surface area (Å²) in [6.07, 6.45) is 4.61. The maximum atomic E-state index is 11.7. The number of likely N-dealkylation sites (tertiary alicyclic amines) is 1. The van der Waals surface area contributed by atoms with Crippen molar-refractivity contribution in [1.82, 2.24) is 14.6 Å². The molecule has 0 spiro atoms. The first-order valence-corrected chi connectivity index (χ1v) is 8.02. The summed E-state index contributed by atoms with van der Waals surface area (Å²) in [5, 5.41) is 6.82. The normalized spacial score (nSPS) is 15.0. The molecule has 1 fully saturated rings. The minimum Gasteiger partial charge on any atom is -0.365 e. The lowest BCUT2D eigenvalue weighted by Gasteiger charge is -2.14. The molecule has 3 amide bonds. The van der Waals surface area contributed by atoms with E-state index in [4.69, 9.17) is 5.73 Å². The van der Waals surface area contributed by atoms with Gasteiger partial charge in [0.2, 0.25) is 0 Å². The molecule has 4 N–H and O–H groups in total. The van der Waals surface area contributed by atoms with Gasteiger partial charge < -0.3 is 16.0 Å². The molecule has 116 valence electrons. The minimum absolute atomic E-state index is 0.224. The molecule has 8 heteroatoms. The zero-order chi connectivity index (χ0) is 15.1. The quantitative estimate of drug-likeness (QED) is 0.659. The highest BCUT2D eigenvalue weighted by molar-refractivity contribution is 7.04. The number of nitrogens with zero attached hydrogens (tertiary/aromatic N) is 2. The topological polar surface area (TPSA) is 100 Å². The van der Waals surface area contributed by atoms with Crippen LogP contribution in [-0.2, 0) is 0 Å². The van der Waals surface area contributed by atoms with Gasteiger partial charge in [0.05, 0.1) is 5.56 Å². The Balaban J connectivity index is 1.61. The maximum Gasteiger partial charge on any atom is 0.320 e. The molecule has 2 heterocycles. The van der Waals surface area contributed by atoms with Gasteiger partial charge in [-0.15, -0.1) is 0 Å². The van der Waals surface area contributed by atoms with E-state index in [9.17, 15) is 9.59 Å². The van der Waals surface area contributed by atoms with Crippen LogP contribution in [0.1, 0.15) is 36.0 Å². The van der Waals surface area contributed by atoms with Crippen molar-refractivity contribution in [2.45, 2.75) is 25.7 Å². The molecule has 1 aromatic heterocycles. The number of carbonyl (C=O) groups excluding carboxylic acids is 2. The molecule has 1 aliphatic rings. The van der Waals surface area contributed by atoms with Gasteiger partial charge in [-0.2, -0.15) is 4.37 Å². The van der Waals surface area contributed by atoms with E-state index in [0.717, 1.165) is 30.9 Å². The molecular weight excluding hydrogens is 290 g/mol. The van der Waals surface area contributed by atoms with Crippen LogP contribution in [-0.4, -0.2) is 47.4 Å². The largest absolute Gasteiger partial charge is 0.365 e. The molecule has 0 unspecified atom stereocenters. The van der Waals surface area contributed by atoms with Crippen molar-refractivity contribution in [3.05, 3.63) is 10.9 Å². The zero-order valence-electron chi connectivity index (χ0n) is 11.9. The molecule has 1 aromatic rings. The third-order valence-corrected chi connectivity index (χ3v) is 4.08. The highest BCUT2D eigenvalue weighted by atomic mass is 32.1. The zero-order valence-corrected chi connectivity index (χ0v) is 12.7. The summed E-state index contributed by atoms with van der Waals surface area (Å²) in [5.41, 5.74) is 5.43. The molecular formula is C13H21N5O2S. The maximum absolute atomic E-state index is 11.7. The van der Waals surface area contributed by atoms with Gasteiger partial charge in [-0.3, -0.25) is 10.1 Å². The van der Waals surface area contributed by atoms with Gasteiger partial charge in [0.25, 0.3) is 5.91 Å². The summed E-state index contributed by atoms with van der Waals surface area (Å²) in [6, 6.07) is -0.357. The van der Waals surface area contributed by atoms with E-state index >= 15 is 0 Å². The van der Waals surface area contributed by atoms with Gasteiger partial charge in [-0.1, -0.05) is 0 Å². The van der Waals surface area contributed by atoms with E-state index in [1.54, 1.807) is 0 Å². The first-order valence-electron chi connectivity index (χ1n) is 7.18. The second-order valence-electron chi connectivity index (χ2n) is 5.08. The van der Waals surface area contributed by atoms with Crippen LogP contribution >= 0.6 is 11.5 Å². The van der Waals surface area contributed by atoms with Gasteiger partial charge in [-0.25, -0.2) is 4.79 Å². The molecule has 1 aliphatic heterocycles. The van der Waals surface area contributed by atoms with Crippen molar-refractivity contribution in [3.63, 3.8) is 0 Å². The van der Waals surface area contributed by atoms with Crippen molar-refractivity contribution in [2.75, 3.05) is 31.5 Å². The highest BCUT2D eigenvalue weighted by Crippen LogP contribution is 2.15. The van der Waals surface area contributed by atoms with Crippen LogP contribution in [0.5, 0.6) is 0 Å². The second-order valence-corrected chi connectivity index (χ2v) is 5.71. The SMILES string of the molecule is NC(=O)c1csnc1NC(=O)NCCCCN1CCCC1. The van der Waals surface area contributed by atoms with Gasteiger partial charge in [-0.05, 0) is 56.9 Å². The Hall–Kier alpha value is -1.67. The number of unbranched alkanes of at least 4 members (excludes halogenated alkanes) is 1. The van der Waals surface area contributed by atoms with E-state index in [-0.39, 0.29) is 17.4 Å². The van der Waals surface area contributed by atoms with E-state index in [0.29, 0.717) is 6.54 Å². The predicted octanol–water partition coefficient (Wildman–Crippen LogP) is 1.24. The number of hydrogen-bond donors (Lipinski definition) is 3. The number of nitrogens with one attached hydrogen (secondary N) is 2. The number of amides is 3. The number of aromatic nitrogens is 1. The van der Waals surface area contributed by atoms with Crippen LogP contribution < -0.4 is 16.4 Å². The average molecular weight is 311 g/mol. The summed E-state index contributed by atoms with van der Waals surface area (Å²) < 4.78 is 3.94. The van der Waals surface area contributed by atoms with E-state index in [2.05, 4.69) is 19.9 Å². The highest BCUT2D eigenvalue weighted by Gasteiger charge is 2.13. The Morgan fingerprint density at radius 2 is 2.10 bits per heavy atom. The van der Waals surface area contributed by atoms with Gasteiger partial charge in [0.15, 0.2) is 5.82 Å². The van der Waals surface area contributed by atoms with E-state index < -0.39 is 5.91 Å². The smallest absolute Gasteiger partial charge is 0.320 e. The molecule has 0 atom stereocenters. The molecule has 0 aliphatic carbocycles. The predicted molar refractivity (Wildman–Crippen MR) is 82.6 cm³/mol. The van der Waals surface area contributed by atoms with Crippen LogP contribution in [0.15, 0.2) is 5.38 Å². The molecule has 0 aromatic carbocycles. The van der Waals surface area contributed by atoms with Crippen molar-refractivity contribution < 1.29 is 9.59 Å². The first kappa shape index (κ1) is 15.7. The van der Waals surface area contributed by atoms with Crippen LogP contribution in [0.25, 0.3) is 0 Å². The average Bonchev–Trinajstić information content (AvgIpc) is 3.09. The lowest BCUT2D eigenvalue weighted by molar-refractivity contribution is 0.100. The summed E-state index contributed by atoms with van der Waals surface area (Å²) in [4.78, 5) is 25.2. The van der Waals surface area contributed by atoms with Gasteiger partial charge in [0.1, 0.15) is 0 Å². The summed E-state index contributed by atoms with van der Waals surface area (Å²) in [5.74, 6) is -0.369. The second kappa shape index (κ2) is 7.94. The summed E-state index contributed by atoms with van der Waals surface area (Å²) in [7, 11) is 0. The van der Waals surface area contributed by atoms with Crippen LogP contribution in [0, 0.1) is 0 Å². The number of carbonyl (C=O) groups is 2. The molecule has 7 nitrogen and oxygen atoms in total. The van der Waals surface area contributed by atoms with Crippen molar-refractivity contribution in [2.24, 2.45) is 5.73 Å². The molecule has 21 heavy (non-hydrogen) atoms. The number of nitrogens with two attached hydrogens (primary N) is 1. The molecule has 1 saturated heterocycles. The monoisotopic (exact) mass is 311 g/mol. The lowest BCUT2D eigenvalue weighted by Crippen LogP contribution is -2.31. The molecule has 2 rings (SSSR count). The number of primary amides is 1. The summed E-state index contributed by atoms with van der Waals surface area (Å²) >= 11 is 1.08. The first-order chi connectivity index (χ1) is 10.2. The standard InChI is InChI=1S/C13H21N5O2S/c14-11(19)10-9-21-17-12(10)16-13(20)15-5-1-2-6-18-7-3-4-8-18/h9H,1-8H2,(H2,14,19)(H2,15,16,17,20). The van der Waals surface area contributed by atoms with Gasteiger partial charge in [0, 0.05) is 11.9 Å². The number of rotatable bonds is 7. The van der Waals surface area contributed by atoms with Crippen LogP contribution in [0.2, 0.25) is 0 Å². The Labute approximate surface area is 128 Å². The lowest BCUT2D eigenvalue weighted by atomic mass is 10.3. The minimum atomic E-state index is -0.593. The summed E-state index contributed by atoms with van der Waals surface area (Å²) in [6.45, 7) is 4.11. The van der Waals surface area contributed by atoms with E-state index in [1.807, 2.05) is 0 Å². The van der Waals surface area contributed by atoms with Crippen LogP contribution in [0.3, 0.4) is 0 Å². The number of hydrogen-bond acceptors (Lipinski definition) is 5. The fourth-order valence-corrected chi connectivity index (χ4v) is 2.96. The molecule has 0 saturated carbocycles. The fourth-order valence-electron chi connectivity index (χ4n) is 2.32. The Morgan fingerprint density at radius 3 is 2.81 bits per heavy atom. The number of anilines is 1. The van der Waals surface area contributed by atoms with Crippen LogP contribution in [0.4, 0.5) is 10.6 Å². The Bertz CT molecular complexity index is 485. The Morgan fingerprint density at radius 1 is 1.33 bits per heavy atom. The third kappa shape index (κ3) is 4.98. The van der Waals surface area contributed by atoms with Crippen molar-refractivity contribution in [1.29, 1.82) is 0 Å². The van der Waals surface area contributed by atoms with Crippen molar-refractivity contribution >= 4 is 29.3 Å². The number of urea groups is 1. The van der Waals surface area contributed by atoms with E-state index in [1.165, 1.54) is 31.3 Å². The van der Waals surface area contributed by atoms with Gasteiger partial charge >= 0.3 is 6.03 Å². The third-order valence-electron chi connectivity index (χ3n) is 3.45. The fraction of sp³-hybridized carbons (Fsp3) is 0.615. The van der Waals surface area contributed by atoms with Crippen molar-refractivity contribution in [3.8, 4) is 0 Å². The Kier molecular flexibility index (Phi) is 5.94. The molecule has 0 bridgehead atoms. The molecule has 0 radical (unpaired) electrons.